The third-order valence-electron chi connectivity index (χ3n) is 4.94. The summed E-state index contributed by atoms with van der Waals surface area (Å²) in [4.78, 5) is 0. The summed E-state index contributed by atoms with van der Waals surface area (Å²) in [7, 11) is -2.85. The molecule has 0 saturated carbocycles. The van der Waals surface area contributed by atoms with Gasteiger partial charge in [-0.2, -0.15) is 5.26 Å². The summed E-state index contributed by atoms with van der Waals surface area (Å²) in [5.41, 5.74) is 0.713. The Morgan fingerprint density at radius 2 is 1.25 bits per heavy atom. The Hall–Kier alpha value is -3.16. The van der Waals surface area contributed by atoms with Crippen molar-refractivity contribution in [3.05, 3.63) is 91.0 Å². The molecule has 0 aliphatic carbocycles. The van der Waals surface area contributed by atoms with E-state index in [1.54, 1.807) is 0 Å². The van der Waals surface area contributed by atoms with Crippen molar-refractivity contribution in [1.29, 1.82) is 5.26 Å². The molecule has 4 heteroatoms. The Kier molecular flexibility index (Phi) is 6.41. The van der Waals surface area contributed by atoms with Crippen molar-refractivity contribution in [3.63, 3.8) is 0 Å². The molecule has 0 heterocycles. The van der Waals surface area contributed by atoms with E-state index in [1.165, 1.54) is 0 Å². The summed E-state index contributed by atoms with van der Waals surface area (Å²) in [6.07, 6.45) is 0.714. The van der Waals surface area contributed by atoms with E-state index in [0.717, 1.165) is 15.6 Å². The molecular weight excluding hydrogens is 360 g/mol. The molecule has 3 aromatic carbocycles. The lowest BCUT2D eigenvalue weighted by Crippen LogP contribution is -2.68. The molecule has 1 atom stereocenters. The molecule has 0 saturated heterocycles. The molecule has 0 N–H and O–H groups in total. The Morgan fingerprint density at radius 1 is 0.857 bits per heavy atom. The minimum atomic E-state index is -2.85. The Morgan fingerprint density at radius 3 is 1.57 bits per heavy atom. The highest BCUT2D eigenvalue weighted by molar-refractivity contribution is 7.07. The number of nitrogens with zero attached hydrogens (tertiary/aromatic N) is 2. The highest BCUT2D eigenvalue weighted by atomic mass is 28.4. The maximum atomic E-state index is 9.40. The van der Waals surface area contributed by atoms with Crippen LogP contribution in [0.25, 0.3) is 0 Å². The van der Waals surface area contributed by atoms with E-state index in [2.05, 4.69) is 47.6 Å². The largest absolute Gasteiger partial charge is 0.438 e. The SMILES string of the molecule is CCC(C#N)C(C)=NO[Si](c1ccccc1)(c1ccccc1)c1ccccc1. The Labute approximate surface area is 168 Å². The van der Waals surface area contributed by atoms with Crippen molar-refractivity contribution in [2.24, 2.45) is 11.1 Å². The monoisotopic (exact) mass is 384 g/mol. The summed E-state index contributed by atoms with van der Waals surface area (Å²) < 4.78 is 6.51. The van der Waals surface area contributed by atoms with Gasteiger partial charge >= 0.3 is 8.32 Å². The first kappa shape index (κ1) is 19.6. The molecule has 3 aromatic rings. The number of hydrogen-bond donors (Lipinski definition) is 0. The topological polar surface area (TPSA) is 45.4 Å². The van der Waals surface area contributed by atoms with Gasteiger partial charge in [-0.1, -0.05) is 97.9 Å². The molecule has 0 bridgehead atoms. The van der Waals surface area contributed by atoms with Crippen LogP contribution >= 0.6 is 0 Å². The van der Waals surface area contributed by atoms with E-state index in [1.807, 2.05) is 68.4 Å². The molecule has 0 aliphatic heterocycles. The van der Waals surface area contributed by atoms with Crippen molar-refractivity contribution in [1.82, 2.24) is 0 Å². The van der Waals surface area contributed by atoms with E-state index in [-0.39, 0.29) is 5.92 Å². The van der Waals surface area contributed by atoms with Gasteiger partial charge < -0.3 is 4.53 Å². The number of nitriles is 1. The van der Waals surface area contributed by atoms with Crippen LogP contribution in [0.4, 0.5) is 0 Å². The minimum Gasteiger partial charge on any atom is -0.438 e. The van der Waals surface area contributed by atoms with E-state index in [9.17, 15) is 5.26 Å². The van der Waals surface area contributed by atoms with Crippen LogP contribution in [-0.2, 0) is 4.53 Å². The first-order valence-corrected chi connectivity index (χ1v) is 11.4. The lowest BCUT2D eigenvalue weighted by atomic mass is 10.0. The van der Waals surface area contributed by atoms with Gasteiger partial charge in [0.1, 0.15) is 0 Å². The van der Waals surface area contributed by atoms with E-state index in [4.69, 9.17) is 4.53 Å². The Balaban J connectivity index is 2.23. The predicted octanol–water partition coefficient (Wildman–Crippen LogP) is 3.60. The summed E-state index contributed by atoms with van der Waals surface area (Å²) in [5.74, 6) is -0.242. The molecule has 0 radical (unpaired) electrons. The molecule has 1 unspecified atom stereocenters. The molecular formula is C24H24N2OSi. The molecule has 28 heavy (non-hydrogen) atoms. The van der Waals surface area contributed by atoms with Crippen molar-refractivity contribution >= 4 is 29.6 Å². The van der Waals surface area contributed by atoms with Gasteiger partial charge in [0, 0.05) is 0 Å². The highest BCUT2D eigenvalue weighted by Gasteiger charge is 2.45. The second kappa shape index (κ2) is 9.16. The number of rotatable bonds is 7. The summed E-state index contributed by atoms with van der Waals surface area (Å²) in [5, 5.41) is 17.3. The van der Waals surface area contributed by atoms with Crippen molar-refractivity contribution < 1.29 is 4.53 Å². The first-order chi connectivity index (χ1) is 13.7. The second-order valence-electron chi connectivity index (χ2n) is 6.69. The minimum absolute atomic E-state index is 0.242. The second-order valence-corrected chi connectivity index (χ2v) is 9.97. The fourth-order valence-electron chi connectivity index (χ4n) is 3.36. The van der Waals surface area contributed by atoms with Gasteiger partial charge in [-0.15, -0.1) is 5.16 Å². The van der Waals surface area contributed by atoms with Gasteiger partial charge in [0.15, 0.2) is 0 Å². The lowest BCUT2D eigenvalue weighted by Gasteiger charge is -2.30. The number of hydrogen-bond acceptors (Lipinski definition) is 3. The molecule has 0 aliphatic rings. The molecule has 0 aromatic heterocycles. The first-order valence-electron chi connectivity index (χ1n) is 9.51. The van der Waals surface area contributed by atoms with Gasteiger partial charge in [0.05, 0.1) is 17.7 Å². The zero-order valence-corrected chi connectivity index (χ0v) is 17.2. The number of oxime groups is 1. The van der Waals surface area contributed by atoms with E-state index < -0.39 is 8.32 Å². The fourth-order valence-corrected chi connectivity index (χ4v) is 6.94. The lowest BCUT2D eigenvalue weighted by molar-refractivity contribution is 0.345. The van der Waals surface area contributed by atoms with Crippen LogP contribution in [0.3, 0.4) is 0 Å². The van der Waals surface area contributed by atoms with Crippen LogP contribution in [0.1, 0.15) is 20.3 Å². The van der Waals surface area contributed by atoms with E-state index >= 15 is 0 Å². The summed E-state index contributed by atoms with van der Waals surface area (Å²) >= 11 is 0. The highest BCUT2D eigenvalue weighted by Crippen LogP contribution is 2.12. The average molecular weight is 385 g/mol. The van der Waals surface area contributed by atoms with Gasteiger partial charge in [-0.05, 0) is 28.9 Å². The Bertz CT molecular complexity index is 853. The van der Waals surface area contributed by atoms with Gasteiger partial charge in [0.25, 0.3) is 0 Å². The molecule has 3 nitrogen and oxygen atoms in total. The van der Waals surface area contributed by atoms with Gasteiger partial charge in [-0.25, -0.2) is 0 Å². The molecule has 0 fully saturated rings. The average Bonchev–Trinajstić information content (AvgIpc) is 2.77. The van der Waals surface area contributed by atoms with Crippen LogP contribution in [0.2, 0.25) is 0 Å². The molecule has 0 spiro atoms. The maximum Gasteiger partial charge on any atom is 0.380 e. The summed E-state index contributed by atoms with van der Waals surface area (Å²) in [6.45, 7) is 3.86. The van der Waals surface area contributed by atoms with Gasteiger partial charge in [-0.3, -0.25) is 0 Å². The van der Waals surface area contributed by atoms with Crippen LogP contribution in [-0.4, -0.2) is 14.0 Å². The van der Waals surface area contributed by atoms with E-state index in [0.29, 0.717) is 12.1 Å². The standard InChI is InChI=1S/C24H24N2OSi/c1-3-21(19-25)20(2)26-27-28(22-13-7-4-8-14-22,23-15-9-5-10-16-23)24-17-11-6-12-18-24/h4-18,21H,3H2,1-2H3. The maximum absolute atomic E-state index is 9.40. The van der Waals surface area contributed by atoms with Crippen LogP contribution in [0.5, 0.6) is 0 Å². The van der Waals surface area contributed by atoms with Gasteiger partial charge in [0.2, 0.25) is 0 Å². The van der Waals surface area contributed by atoms with Crippen LogP contribution < -0.4 is 15.6 Å². The third-order valence-corrected chi connectivity index (χ3v) is 8.74. The zero-order valence-electron chi connectivity index (χ0n) is 16.2. The van der Waals surface area contributed by atoms with Crippen molar-refractivity contribution in [2.45, 2.75) is 20.3 Å². The molecule has 140 valence electrons. The van der Waals surface area contributed by atoms with Crippen LogP contribution in [0.15, 0.2) is 96.2 Å². The fraction of sp³-hybridized carbons (Fsp3) is 0.167. The molecule has 0 amide bonds. The summed E-state index contributed by atoms with van der Waals surface area (Å²) in [6, 6.07) is 33.2. The van der Waals surface area contributed by atoms with Crippen molar-refractivity contribution in [3.8, 4) is 6.07 Å². The number of benzene rings is 3. The third kappa shape index (κ3) is 3.90. The van der Waals surface area contributed by atoms with Crippen LogP contribution in [0, 0.1) is 17.2 Å². The molecule has 3 rings (SSSR count). The predicted molar refractivity (Wildman–Crippen MR) is 118 cm³/mol. The smallest absolute Gasteiger partial charge is 0.380 e. The normalized spacial score (nSPS) is 12.8. The quantitative estimate of drug-likeness (QED) is 0.270. The van der Waals surface area contributed by atoms with Crippen molar-refractivity contribution in [2.75, 3.05) is 0 Å². The zero-order chi connectivity index (χ0) is 19.8.